The van der Waals surface area contributed by atoms with Gasteiger partial charge in [-0.3, -0.25) is 9.71 Å². The molecular formula is C14H14N4O2S. The molecule has 0 atom stereocenters. The minimum absolute atomic E-state index is 0.0244. The highest BCUT2D eigenvalue weighted by atomic mass is 32.2. The van der Waals surface area contributed by atoms with Crippen molar-refractivity contribution in [3.8, 4) is 11.8 Å². The van der Waals surface area contributed by atoms with E-state index in [4.69, 9.17) is 5.73 Å². The predicted molar refractivity (Wildman–Crippen MR) is 80.0 cm³/mol. The van der Waals surface area contributed by atoms with E-state index in [1.54, 1.807) is 19.1 Å². The summed E-state index contributed by atoms with van der Waals surface area (Å²) < 4.78 is 27.1. The Hall–Kier alpha value is -2.43. The van der Waals surface area contributed by atoms with Gasteiger partial charge < -0.3 is 5.73 Å². The molecule has 2 heterocycles. The van der Waals surface area contributed by atoms with Gasteiger partial charge in [-0.2, -0.15) is 0 Å². The summed E-state index contributed by atoms with van der Waals surface area (Å²) in [6.45, 7) is 1.97. The molecule has 0 aliphatic carbocycles. The third-order valence-corrected chi connectivity index (χ3v) is 3.90. The number of nitrogens with one attached hydrogen (secondary N) is 1. The van der Waals surface area contributed by atoms with Crippen molar-refractivity contribution in [1.29, 1.82) is 0 Å². The molecule has 0 aromatic carbocycles. The summed E-state index contributed by atoms with van der Waals surface area (Å²) >= 11 is 0. The van der Waals surface area contributed by atoms with Crippen LogP contribution in [-0.4, -0.2) is 24.9 Å². The first kappa shape index (κ1) is 15.0. The van der Waals surface area contributed by atoms with E-state index in [0.717, 1.165) is 5.56 Å². The normalized spacial score (nSPS) is 10.6. The van der Waals surface area contributed by atoms with E-state index in [9.17, 15) is 8.42 Å². The van der Waals surface area contributed by atoms with Gasteiger partial charge in [0.25, 0.3) is 10.0 Å². The fourth-order valence-electron chi connectivity index (χ4n) is 1.57. The zero-order chi connectivity index (χ0) is 15.3. The van der Waals surface area contributed by atoms with Crippen LogP contribution in [-0.2, 0) is 10.0 Å². The fraction of sp³-hybridized carbons (Fsp3) is 0.143. The molecule has 3 N–H and O–H groups in total. The van der Waals surface area contributed by atoms with Gasteiger partial charge >= 0.3 is 0 Å². The molecule has 0 aliphatic rings. The van der Waals surface area contributed by atoms with Gasteiger partial charge in [-0.15, -0.1) is 0 Å². The molecule has 6 nitrogen and oxygen atoms in total. The van der Waals surface area contributed by atoms with E-state index in [-0.39, 0.29) is 17.3 Å². The van der Waals surface area contributed by atoms with Crippen molar-refractivity contribution in [2.24, 2.45) is 5.73 Å². The lowest BCUT2D eigenvalue weighted by atomic mass is 10.3. The fourth-order valence-corrected chi connectivity index (χ4v) is 2.63. The van der Waals surface area contributed by atoms with Crippen molar-refractivity contribution in [1.82, 2.24) is 9.97 Å². The number of anilines is 1. The van der Waals surface area contributed by atoms with Crippen LogP contribution in [0.25, 0.3) is 0 Å². The van der Waals surface area contributed by atoms with Gasteiger partial charge in [0.1, 0.15) is 10.7 Å². The van der Waals surface area contributed by atoms with E-state index < -0.39 is 10.0 Å². The maximum atomic E-state index is 12.3. The Morgan fingerprint density at radius 3 is 2.90 bits per heavy atom. The molecule has 108 valence electrons. The highest BCUT2D eigenvalue weighted by molar-refractivity contribution is 7.92. The maximum Gasteiger partial charge on any atom is 0.264 e. The molecule has 0 spiro atoms. The minimum Gasteiger partial charge on any atom is -0.320 e. The van der Waals surface area contributed by atoms with E-state index in [2.05, 4.69) is 26.5 Å². The van der Waals surface area contributed by atoms with E-state index in [0.29, 0.717) is 5.56 Å². The molecule has 2 aromatic heterocycles. The number of rotatable bonds is 3. The second kappa shape index (κ2) is 6.35. The van der Waals surface area contributed by atoms with Crippen molar-refractivity contribution < 1.29 is 8.42 Å². The van der Waals surface area contributed by atoms with Crippen LogP contribution in [0.5, 0.6) is 0 Å². The Balaban J connectivity index is 2.34. The van der Waals surface area contributed by atoms with Crippen LogP contribution >= 0.6 is 0 Å². The monoisotopic (exact) mass is 302 g/mol. The molecule has 0 aliphatic heterocycles. The molecule has 0 amide bonds. The molecule has 2 rings (SSSR count). The Morgan fingerprint density at radius 2 is 2.19 bits per heavy atom. The summed E-state index contributed by atoms with van der Waals surface area (Å²) in [5, 5.41) is 0. The first-order valence-corrected chi connectivity index (χ1v) is 7.59. The van der Waals surface area contributed by atoms with Gasteiger partial charge in [-0.25, -0.2) is 13.4 Å². The van der Waals surface area contributed by atoms with Crippen LogP contribution in [0.1, 0.15) is 11.1 Å². The lowest BCUT2D eigenvalue weighted by Gasteiger charge is -2.09. The summed E-state index contributed by atoms with van der Waals surface area (Å²) in [4.78, 5) is 7.92. The molecule has 2 aromatic rings. The van der Waals surface area contributed by atoms with Gasteiger partial charge in [0.15, 0.2) is 0 Å². The highest BCUT2D eigenvalue weighted by Gasteiger charge is 2.16. The zero-order valence-corrected chi connectivity index (χ0v) is 12.2. The Morgan fingerprint density at radius 1 is 1.38 bits per heavy atom. The largest absolute Gasteiger partial charge is 0.320 e. The van der Waals surface area contributed by atoms with E-state index in [1.165, 1.54) is 24.7 Å². The van der Waals surface area contributed by atoms with Crippen molar-refractivity contribution in [2.75, 3.05) is 11.3 Å². The summed E-state index contributed by atoms with van der Waals surface area (Å²) in [5.74, 6) is 5.69. The van der Waals surface area contributed by atoms with Crippen LogP contribution in [0.2, 0.25) is 0 Å². The molecule has 0 radical (unpaired) electrons. The van der Waals surface area contributed by atoms with Gasteiger partial charge in [0.05, 0.1) is 6.54 Å². The van der Waals surface area contributed by atoms with Gasteiger partial charge in [0.2, 0.25) is 0 Å². The van der Waals surface area contributed by atoms with E-state index >= 15 is 0 Å². The number of nitrogens with zero attached hydrogens (tertiary/aromatic N) is 2. The predicted octanol–water partition coefficient (Wildman–Crippen LogP) is 0.896. The quantitative estimate of drug-likeness (QED) is 0.821. The molecular weight excluding hydrogens is 288 g/mol. The van der Waals surface area contributed by atoms with Crippen molar-refractivity contribution in [3.63, 3.8) is 0 Å². The molecule has 0 bridgehead atoms. The first-order chi connectivity index (χ1) is 10.0. The van der Waals surface area contributed by atoms with Crippen LogP contribution in [0.15, 0.2) is 41.7 Å². The number of hydrogen-bond acceptors (Lipinski definition) is 5. The minimum atomic E-state index is -3.76. The standard InChI is InChI=1S/C14H14N4O2S/c1-11-4-3-7-17-14(11)18-21(19,20)13-8-12(5-2-6-15)9-16-10-13/h3-4,7-10H,6,15H2,1H3,(H,17,18). The Labute approximate surface area is 123 Å². The summed E-state index contributed by atoms with van der Waals surface area (Å²) in [5.41, 5.74) is 6.50. The van der Waals surface area contributed by atoms with Crippen molar-refractivity contribution in [2.45, 2.75) is 11.8 Å². The van der Waals surface area contributed by atoms with Gasteiger partial charge in [-0.05, 0) is 24.6 Å². The number of nitrogens with two attached hydrogens (primary N) is 1. The lowest BCUT2D eigenvalue weighted by Crippen LogP contribution is -2.15. The lowest BCUT2D eigenvalue weighted by molar-refractivity contribution is 0.600. The van der Waals surface area contributed by atoms with Gasteiger partial charge in [0, 0.05) is 24.2 Å². The third kappa shape index (κ3) is 3.78. The average molecular weight is 302 g/mol. The van der Waals surface area contributed by atoms with E-state index in [1.807, 2.05) is 0 Å². The van der Waals surface area contributed by atoms with Crippen LogP contribution in [0, 0.1) is 18.8 Å². The number of hydrogen-bond donors (Lipinski definition) is 2. The van der Waals surface area contributed by atoms with Crippen LogP contribution in [0.4, 0.5) is 5.82 Å². The van der Waals surface area contributed by atoms with Crippen LogP contribution in [0.3, 0.4) is 0 Å². The second-order valence-corrected chi connectivity index (χ2v) is 5.87. The Bertz CT molecular complexity index is 807. The topological polar surface area (TPSA) is 98.0 Å². The summed E-state index contributed by atoms with van der Waals surface area (Å²) in [6, 6.07) is 4.94. The molecule has 21 heavy (non-hydrogen) atoms. The van der Waals surface area contributed by atoms with Gasteiger partial charge in [-0.1, -0.05) is 17.9 Å². The number of sulfonamides is 1. The molecule has 7 heteroatoms. The molecule has 0 fully saturated rings. The average Bonchev–Trinajstić information content (AvgIpc) is 2.48. The molecule has 0 unspecified atom stereocenters. The number of pyridine rings is 2. The highest BCUT2D eigenvalue weighted by Crippen LogP contribution is 2.16. The number of aryl methyl sites for hydroxylation is 1. The Kier molecular flexibility index (Phi) is 4.52. The van der Waals surface area contributed by atoms with Crippen molar-refractivity contribution in [3.05, 3.63) is 47.9 Å². The summed E-state index contributed by atoms with van der Waals surface area (Å²) in [6.07, 6.45) is 4.26. The van der Waals surface area contributed by atoms with Crippen LogP contribution < -0.4 is 10.5 Å². The molecule has 0 saturated heterocycles. The zero-order valence-electron chi connectivity index (χ0n) is 11.4. The number of aromatic nitrogens is 2. The molecule has 0 saturated carbocycles. The second-order valence-electron chi connectivity index (χ2n) is 4.19. The maximum absolute atomic E-state index is 12.3. The SMILES string of the molecule is Cc1cccnc1NS(=O)(=O)c1cncc(C#CCN)c1. The third-order valence-electron chi connectivity index (χ3n) is 2.60. The summed E-state index contributed by atoms with van der Waals surface area (Å²) in [7, 11) is -3.76. The smallest absolute Gasteiger partial charge is 0.264 e. The first-order valence-electron chi connectivity index (χ1n) is 6.11. The van der Waals surface area contributed by atoms with Crippen molar-refractivity contribution >= 4 is 15.8 Å².